The summed E-state index contributed by atoms with van der Waals surface area (Å²) in [7, 11) is -7.00. The molecular formula is C12H18N2O4S2. The molecular weight excluding hydrogens is 300 g/mol. The Morgan fingerprint density at radius 1 is 1.00 bits per heavy atom. The highest BCUT2D eigenvalue weighted by Gasteiger charge is 2.25. The Labute approximate surface area is 119 Å². The van der Waals surface area contributed by atoms with Gasteiger partial charge in [-0.15, -0.1) is 0 Å². The maximum Gasteiger partial charge on any atom is 0.240 e. The van der Waals surface area contributed by atoms with E-state index < -0.39 is 20.0 Å². The molecule has 0 radical (unpaired) electrons. The van der Waals surface area contributed by atoms with Gasteiger partial charge in [-0.05, 0) is 25.0 Å². The molecule has 1 fully saturated rings. The number of benzene rings is 1. The Morgan fingerprint density at radius 3 is 2.20 bits per heavy atom. The average molecular weight is 318 g/mol. The highest BCUT2D eigenvalue weighted by atomic mass is 32.2. The summed E-state index contributed by atoms with van der Waals surface area (Å²) in [5.74, 6) is -0.209. The third-order valence-corrected chi connectivity index (χ3v) is 6.51. The van der Waals surface area contributed by atoms with Gasteiger partial charge >= 0.3 is 0 Å². The maximum absolute atomic E-state index is 11.9. The Balaban J connectivity index is 1.93. The van der Waals surface area contributed by atoms with Crippen LogP contribution in [0, 0.1) is 0 Å². The first-order valence-electron chi connectivity index (χ1n) is 6.44. The molecule has 1 saturated heterocycles. The van der Waals surface area contributed by atoms with Crippen LogP contribution in [0.3, 0.4) is 0 Å². The highest BCUT2D eigenvalue weighted by Crippen LogP contribution is 2.13. The van der Waals surface area contributed by atoms with Crippen LogP contribution >= 0.6 is 0 Å². The predicted octanol–water partition coefficient (Wildman–Crippen LogP) is 0.391. The highest BCUT2D eigenvalue weighted by molar-refractivity contribution is 7.90. The Hall–Kier alpha value is -0.960. The van der Waals surface area contributed by atoms with Crippen molar-refractivity contribution in [3.05, 3.63) is 30.3 Å². The lowest BCUT2D eigenvalue weighted by Crippen LogP contribution is -2.36. The van der Waals surface area contributed by atoms with E-state index in [1.807, 2.05) is 0 Å². The van der Waals surface area contributed by atoms with Gasteiger partial charge in [0.1, 0.15) is 0 Å². The molecule has 1 heterocycles. The van der Waals surface area contributed by atoms with Crippen LogP contribution in [0.5, 0.6) is 0 Å². The third kappa shape index (κ3) is 3.78. The van der Waals surface area contributed by atoms with Crippen molar-refractivity contribution in [2.75, 3.05) is 25.4 Å². The van der Waals surface area contributed by atoms with Crippen LogP contribution in [0.1, 0.15) is 12.8 Å². The van der Waals surface area contributed by atoms with Crippen molar-refractivity contribution >= 4 is 20.0 Å². The molecule has 0 spiro atoms. The van der Waals surface area contributed by atoms with Crippen molar-refractivity contribution in [1.29, 1.82) is 0 Å². The summed E-state index contributed by atoms with van der Waals surface area (Å²) >= 11 is 0. The van der Waals surface area contributed by atoms with Gasteiger partial charge in [-0.2, -0.15) is 0 Å². The molecule has 0 aliphatic carbocycles. The van der Waals surface area contributed by atoms with E-state index in [0.29, 0.717) is 13.1 Å². The first kappa shape index (κ1) is 15.4. The van der Waals surface area contributed by atoms with E-state index >= 15 is 0 Å². The molecule has 1 N–H and O–H groups in total. The molecule has 0 atom stereocenters. The fraction of sp³-hybridized carbons (Fsp3) is 0.500. The summed E-state index contributed by atoms with van der Waals surface area (Å²) in [4.78, 5) is 0.138. The van der Waals surface area contributed by atoms with Crippen LogP contribution in [-0.4, -0.2) is 46.5 Å². The van der Waals surface area contributed by atoms with Crippen molar-refractivity contribution in [3.63, 3.8) is 0 Å². The lowest BCUT2D eigenvalue weighted by atomic mass is 10.4. The van der Waals surface area contributed by atoms with Crippen molar-refractivity contribution < 1.29 is 16.8 Å². The summed E-state index contributed by atoms with van der Waals surface area (Å²) < 4.78 is 51.5. The van der Waals surface area contributed by atoms with Crippen molar-refractivity contribution in [3.8, 4) is 0 Å². The fourth-order valence-corrected chi connectivity index (χ4v) is 4.70. The zero-order chi connectivity index (χ0) is 14.6. The van der Waals surface area contributed by atoms with E-state index in [-0.39, 0.29) is 17.2 Å². The zero-order valence-electron chi connectivity index (χ0n) is 11.0. The Bertz CT molecular complexity index is 635. The lowest BCUT2D eigenvalue weighted by Gasteiger charge is -2.15. The molecule has 20 heavy (non-hydrogen) atoms. The predicted molar refractivity (Wildman–Crippen MR) is 76.2 cm³/mol. The number of sulfonamides is 2. The molecule has 112 valence electrons. The number of nitrogens with zero attached hydrogens (tertiary/aromatic N) is 1. The van der Waals surface area contributed by atoms with E-state index in [9.17, 15) is 16.8 Å². The Kier molecular flexibility index (Phi) is 4.79. The largest absolute Gasteiger partial charge is 0.240 e. The van der Waals surface area contributed by atoms with Crippen LogP contribution in [0.15, 0.2) is 35.2 Å². The second kappa shape index (κ2) is 6.21. The molecule has 0 aromatic heterocycles. The standard InChI is InChI=1S/C12H18N2O4S2/c15-19(16,14-9-4-5-10-14)11-8-13-20(17,18)12-6-2-1-3-7-12/h1-3,6-7,13H,4-5,8-11H2. The smallest absolute Gasteiger partial charge is 0.212 e. The molecule has 0 amide bonds. The molecule has 1 aromatic rings. The van der Waals surface area contributed by atoms with Crippen LogP contribution < -0.4 is 4.72 Å². The maximum atomic E-state index is 11.9. The summed E-state index contributed by atoms with van der Waals surface area (Å²) in [6.07, 6.45) is 1.74. The van der Waals surface area contributed by atoms with Gasteiger partial charge in [0.15, 0.2) is 0 Å². The first-order chi connectivity index (χ1) is 9.42. The fourth-order valence-electron chi connectivity index (χ4n) is 2.08. The van der Waals surface area contributed by atoms with Crippen molar-refractivity contribution in [2.24, 2.45) is 0 Å². The summed E-state index contributed by atoms with van der Waals surface area (Å²) in [5, 5.41) is 0. The molecule has 8 heteroatoms. The van der Waals surface area contributed by atoms with Crippen molar-refractivity contribution in [2.45, 2.75) is 17.7 Å². The van der Waals surface area contributed by atoms with Crippen LogP contribution in [0.25, 0.3) is 0 Å². The first-order valence-corrected chi connectivity index (χ1v) is 9.54. The minimum Gasteiger partial charge on any atom is -0.212 e. The Morgan fingerprint density at radius 2 is 1.60 bits per heavy atom. The van der Waals surface area contributed by atoms with E-state index in [1.165, 1.54) is 16.4 Å². The van der Waals surface area contributed by atoms with Gasteiger partial charge < -0.3 is 0 Å². The van der Waals surface area contributed by atoms with Crippen LogP contribution in [0.4, 0.5) is 0 Å². The molecule has 1 aliphatic rings. The molecule has 1 aliphatic heterocycles. The van der Waals surface area contributed by atoms with E-state index in [4.69, 9.17) is 0 Å². The monoisotopic (exact) mass is 318 g/mol. The van der Waals surface area contributed by atoms with E-state index in [1.54, 1.807) is 18.2 Å². The summed E-state index contributed by atoms with van der Waals surface area (Å²) in [6, 6.07) is 7.90. The zero-order valence-corrected chi connectivity index (χ0v) is 12.7. The van der Waals surface area contributed by atoms with Gasteiger partial charge in [0.2, 0.25) is 20.0 Å². The van der Waals surface area contributed by atoms with E-state index in [0.717, 1.165) is 12.8 Å². The molecule has 2 rings (SSSR count). The van der Waals surface area contributed by atoms with Crippen LogP contribution in [-0.2, 0) is 20.0 Å². The molecule has 0 saturated carbocycles. The number of hydrogen-bond acceptors (Lipinski definition) is 4. The minimum absolute atomic E-state index is 0.115. The normalized spacial score (nSPS) is 17.4. The van der Waals surface area contributed by atoms with Gasteiger partial charge in [-0.25, -0.2) is 25.9 Å². The van der Waals surface area contributed by atoms with Crippen molar-refractivity contribution in [1.82, 2.24) is 9.03 Å². The second-order valence-corrected chi connectivity index (χ2v) is 8.49. The molecule has 1 aromatic carbocycles. The topological polar surface area (TPSA) is 83.5 Å². The van der Waals surface area contributed by atoms with Gasteiger partial charge in [-0.1, -0.05) is 18.2 Å². The van der Waals surface area contributed by atoms with E-state index in [2.05, 4.69) is 4.72 Å². The SMILES string of the molecule is O=S(=O)(NCCS(=O)(=O)N1CCCC1)c1ccccc1. The molecule has 0 unspecified atom stereocenters. The molecule has 6 nitrogen and oxygen atoms in total. The second-order valence-electron chi connectivity index (χ2n) is 4.63. The van der Waals surface area contributed by atoms with Gasteiger partial charge in [0, 0.05) is 19.6 Å². The van der Waals surface area contributed by atoms with Gasteiger partial charge in [0.25, 0.3) is 0 Å². The number of rotatable bonds is 6. The van der Waals surface area contributed by atoms with Gasteiger partial charge in [0.05, 0.1) is 10.6 Å². The summed E-state index contributed by atoms with van der Waals surface area (Å²) in [5.41, 5.74) is 0. The number of nitrogens with one attached hydrogen (secondary N) is 1. The minimum atomic E-state index is -3.64. The summed E-state index contributed by atoms with van der Waals surface area (Å²) in [6.45, 7) is 0.956. The molecule has 0 bridgehead atoms. The van der Waals surface area contributed by atoms with Gasteiger partial charge in [-0.3, -0.25) is 0 Å². The number of hydrogen-bond donors (Lipinski definition) is 1. The average Bonchev–Trinajstić information content (AvgIpc) is 2.94. The quantitative estimate of drug-likeness (QED) is 0.822. The third-order valence-electron chi connectivity index (χ3n) is 3.16. The lowest BCUT2D eigenvalue weighted by molar-refractivity contribution is 0.477. The van der Waals surface area contributed by atoms with Crippen LogP contribution in [0.2, 0.25) is 0 Å².